The van der Waals surface area contributed by atoms with Gasteiger partial charge in [0.1, 0.15) is 0 Å². The highest BCUT2D eigenvalue weighted by Gasteiger charge is 2.01. The van der Waals surface area contributed by atoms with Crippen LogP contribution in [-0.4, -0.2) is 0 Å². The third kappa shape index (κ3) is 49.6. The van der Waals surface area contributed by atoms with Crippen LogP contribution < -0.4 is 0 Å². The summed E-state index contributed by atoms with van der Waals surface area (Å²) in [7, 11) is 0. The first-order valence-corrected chi connectivity index (χ1v) is 27.1. The van der Waals surface area contributed by atoms with Crippen molar-refractivity contribution in [2.45, 2.75) is 335 Å². The lowest BCUT2D eigenvalue weighted by Crippen LogP contribution is -1.89. The minimum atomic E-state index is 1.21. The predicted octanol–water partition coefficient (Wildman–Crippen LogP) is 21.6. The van der Waals surface area contributed by atoms with Crippen LogP contribution in [0.15, 0.2) is 24.3 Å². The minimum absolute atomic E-state index is 1.21. The molecule has 0 aliphatic rings. The highest BCUT2D eigenvalue weighted by molar-refractivity contribution is 5.02. The summed E-state index contributed by atoms with van der Waals surface area (Å²) in [6, 6.07) is 0. The Bertz CT molecular complexity index is 716. The molecular formula is C56H110. The third-order valence-electron chi connectivity index (χ3n) is 13.0. The van der Waals surface area contributed by atoms with Gasteiger partial charge in [-0.3, -0.25) is 0 Å². The molecule has 0 N–H and O–H groups in total. The van der Waals surface area contributed by atoms with Crippen LogP contribution in [0, 0.1) is 0 Å². The molecule has 0 spiro atoms. The van der Waals surface area contributed by atoms with Gasteiger partial charge in [0.05, 0.1) is 0 Å². The van der Waals surface area contributed by atoms with Crippen molar-refractivity contribution in [3.05, 3.63) is 24.3 Å². The molecule has 0 fully saturated rings. The summed E-state index contributed by atoms with van der Waals surface area (Å²) in [6.45, 7) is 8.48. The van der Waals surface area contributed by atoms with Gasteiger partial charge in [0.25, 0.3) is 0 Å². The molecule has 0 saturated carbocycles. The SMILES string of the molecule is C=CCCCCCCCCCCCCCCCCCCCCCCCCCC(=CCCCCCCCCCCCCCCCCCCCCC)CCCCCC. The van der Waals surface area contributed by atoms with Gasteiger partial charge in [-0.05, 0) is 51.4 Å². The largest absolute Gasteiger partial charge is 0.103 e. The molecule has 0 nitrogen and oxygen atoms in total. The van der Waals surface area contributed by atoms with Gasteiger partial charge in [0, 0.05) is 0 Å². The quantitative estimate of drug-likeness (QED) is 0.0426. The van der Waals surface area contributed by atoms with Crippen molar-refractivity contribution in [3.8, 4) is 0 Å². The van der Waals surface area contributed by atoms with Gasteiger partial charge in [-0.25, -0.2) is 0 Å². The fourth-order valence-electron chi connectivity index (χ4n) is 8.99. The second kappa shape index (κ2) is 52.5. The molecule has 0 aliphatic heterocycles. The number of hydrogen-bond donors (Lipinski definition) is 0. The van der Waals surface area contributed by atoms with Crippen LogP contribution in [0.1, 0.15) is 335 Å². The second-order valence-corrected chi connectivity index (χ2v) is 18.8. The van der Waals surface area contributed by atoms with Gasteiger partial charge >= 0.3 is 0 Å². The Balaban J connectivity index is 3.57. The molecule has 0 unspecified atom stereocenters. The van der Waals surface area contributed by atoms with Crippen molar-refractivity contribution in [1.29, 1.82) is 0 Å². The Hall–Kier alpha value is -0.520. The van der Waals surface area contributed by atoms with Crippen LogP contribution in [0.4, 0.5) is 0 Å². The van der Waals surface area contributed by atoms with Gasteiger partial charge < -0.3 is 0 Å². The van der Waals surface area contributed by atoms with Crippen LogP contribution in [-0.2, 0) is 0 Å². The van der Waals surface area contributed by atoms with E-state index in [0.717, 1.165) is 0 Å². The lowest BCUT2D eigenvalue weighted by Gasteiger charge is -2.09. The Kier molecular flexibility index (Phi) is 52.0. The van der Waals surface area contributed by atoms with E-state index < -0.39 is 0 Å². The highest BCUT2D eigenvalue weighted by Crippen LogP contribution is 2.21. The predicted molar refractivity (Wildman–Crippen MR) is 260 cm³/mol. The average Bonchev–Trinajstić information content (AvgIpc) is 3.21. The topological polar surface area (TPSA) is 0 Å². The summed E-state index contributed by atoms with van der Waals surface area (Å²) < 4.78 is 0. The monoisotopic (exact) mass is 783 g/mol. The van der Waals surface area contributed by atoms with Gasteiger partial charge in [0.2, 0.25) is 0 Å². The number of rotatable bonds is 51. The zero-order valence-electron chi connectivity index (χ0n) is 39.7. The molecule has 0 aromatic heterocycles. The van der Waals surface area contributed by atoms with E-state index in [1.807, 2.05) is 5.57 Å². The van der Waals surface area contributed by atoms with E-state index in [0.29, 0.717) is 0 Å². The Labute approximate surface area is 357 Å². The molecule has 334 valence electrons. The molecule has 0 saturated heterocycles. The maximum Gasteiger partial charge on any atom is -0.0320 e. The molecule has 0 heteroatoms. The molecular weight excluding hydrogens is 673 g/mol. The van der Waals surface area contributed by atoms with E-state index >= 15 is 0 Å². The Morgan fingerprint density at radius 1 is 0.250 bits per heavy atom. The van der Waals surface area contributed by atoms with E-state index in [4.69, 9.17) is 0 Å². The van der Waals surface area contributed by atoms with Gasteiger partial charge in [-0.2, -0.15) is 0 Å². The molecule has 0 atom stereocenters. The van der Waals surface area contributed by atoms with E-state index in [1.165, 1.54) is 321 Å². The number of allylic oxidation sites excluding steroid dienone is 3. The highest BCUT2D eigenvalue weighted by atomic mass is 14.1. The molecule has 0 radical (unpaired) electrons. The lowest BCUT2D eigenvalue weighted by atomic mass is 9.98. The zero-order chi connectivity index (χ0) is 40.3. The van der Waals surface area contributed by atoms with Crippen molar-refractivity contribution in [1.82, 2.24) is 0 Å². The fraction of sp³-hybridized carbons (Fsp3) is 0.929. The molecule has 0 heterocycles. The van der Waals surface area contributed by atoms with Crippen molar-refractivity contribution < 1.29 is 0 Å². The molecule has 0 aromatic carbocycles. The van der Waals surface area contributed by atoms with Crippen molar-refractivity contribution in [2.75, 3.05) is 0 Å². The van der Waals surface area contributed by atoms with E-state index in [2.05, 4.69) is 32.6 Å². The van der Waals surface area contributed by atoms with Crippen LogP contribution >= 0.6 is 0 Å². The van der Waals surface area contributed by atoms with Gasteiger partial charge in [0.15, 0.2) is 0 Å². The van der Waals surface area contributed by atoms with Crippen molar-refractivity contribution in [3.63, 3.8) is 0 Å². The van der Waals surface area contributed by atoms with Crippen LogP contribution in [0.2, 0.25) is 0 Å². The fourth-order valence-corrected chi connectivity index (χ4v) is 8.99. The van der Waals surface area contributed by atoms with Crippen LogP contribution in [0.5, 0.6) is 0 Å². The minimum Gasteiger partial charge on any atom is -0.103 e. The number of unbranched alkanes of at least 4 members (excludes halogenated alkanes) is 45. The molecule has 56 heavy (non-hydrogen) atoms. The maximum absolute atomic E-state index is 3.82. The Morgan fingerprint density at radius 3 is 0.696 bits per heavy atom. The second-order valence-electron chi connectivity index (χ2n) is 18.8. The van der Waals surface area contributed by atoms with Crippen LogP contribution in [0.25, 0.3) is 0 Å². The van der Waals surface area contributed by atoms with E-state index in [-0.39, 0.29) is 0 Å². The lowest BCUT2D eigenvalue weighted by molar-refractivity contribution is 0.517. The first kappa shape index (κ1) is 55.5. The summed E-state index contributed by atoms with van der Waals surface area (Å²) in [6.07, 6.45) is 77.4. The molecule has 0 aliphatic carbocycles. The Morgan fingerprint density at radius 2 is 0.446 bits per heavy atom. The number of hydrogen-bond acceptors (Lipinski definition) is 0. The van der Waals surface area contributed by atoms with Gasteiger partial charge in [-0.15, -0.1) is 6.58 Å². The van der Waals surface area contributed by atoms with Crippen LogP contribution in [0.3, 0.4) is 0 Å². The summed E-state index contributed by atoms with van der Waals surface area (Å²) in [4.78, 5) is 0. The standard InChI is InChI=1S/C56H110/c1-4-7-10-13-15-17-19-21-23-25-27-29-30-31-32-33-35-37-39-41-43-45-47-49-52-55-56(53-50-12-9-6-3)54-51-48-46-44-42-40-38-36-34-28-26-24-22-20-18-16-14-11-8-5-2/h4,54H,1,5-53,55H2,2-3H3. The van der Waals surface area contributed by atoms with Gasteiger partial charge in [-0.1, -0.05) is 301 Å². The molecule has 0 amide bonds. The van der Waals surface area contributed by atoms with Crippen molar-refractivity contribution >= 4 is 0 Å². The third-order valence-corrected chi connectivity index (χ3v) is 13.0. The average molecular weight is 783 g/mol. The summed E-state index contributed by atoms with van der Waals surface area (Å²) in [5, 5.41) is 0. The normalized spacial score (nSPS) is 11.9. The molecule has 0 rings (SSSR count). The summed E-state index contributed by atoms with van der Waals surface area (Å²) in [5.74, 6) is 0. The van der Waals surface area contributed by atoms with Crippen molar-refractivity contribution in [2.24, 2.45) is 0 Å². The smallest absolute Gasteiger partial charge is 0.0320 e. The molecule has 0 bridgehead atoms. The summed E-state index contributed by atoms with van der Waals surface area (Å²) >= 11 is 0. The molecule has 0 aromatic rings. The van der Waals surface area contributed by atoms with E-state index in [9.17, 15) is 0 Å². The van der Waals surface area contributed by atoms with E-state index in [1.54, 1.807) is 0 Å². The zero-order valence-corrected chi connectivity index (χ0v) is 39.7. The first-order valence-electron chi connectivity index (χ1n) is 27.1. The first-order chi connectivity index (χ1) is 27.8. The summed E-state index contributed by atoms with van der Waals surface area (Å²) in [5.41, 5.74) is 1.82. The maximum atomic E-state index is 3.82.